The number of carbonyl (C=O) groups is 1. The van der Waals surface area contributed by atoms with Gasteiger partial charge in [0.05, 0.1) is 6.61 Å². The number of rotatable bonds is 4. The summed E-state index contributed by atoms with van der Waals surface area (Å²) in [6, 6.07) is 16.0. The minimum absolute atomic E-state index is 0.106. The summed E-state index contributed by atoms with van der Waals surface area (Å²) < 4.78 is 11.4. The summed E-state index contributed by atoms with van der Waals surface area (Å²) in [6.07, 6.45) is -0.467. The third-order valence-corrected chi connectivity index (χ3v) is 5.13. The molecule has 1 aromatic heterocycles. The van der Waals surface area contributed by atoms with E-state index in [0.29, 0.717) is 13.2 Å². The molecule has 4 rings (SSSR count). The number of nitrogens with one attached hydrogen (secondary N) is 1. The van der Waals surface area contributed by atoms with Crippen LogP contribution in [0.3, 0.4) is 0 Å². The number of carbonyl (C=O) groups excluding carboxylic acids is 1. The smallest absolute Gasteiger partial charge is 0.254 e. The molecule has 1 amide bonds. The highest BCUT2D eigenvalue weighted by Crippen LogP contribution is 2.27. The number of hydrogen-bond donors (Lipinski definition) is 1. The van der Waals surface area contributed by atoms with E-state index in [1.165, 1.54) is 5.56 Å². The number of hydrogen-bond acceptors (Lipinski definition) is 4. The molecule has 0 bridgehead atoms. The number of morpholine rings is 1. The third kappa shape index (κ3) is 3.89. The average Bonchev–Trinajstić information content (AvgIpc) is 2.97. The zero-order valence-electron chi connectivity index (χ0n) is 15.7. The largest absolute Gasteiger partial charge is 0.461 e. The molecule has 1 saturated heterocycles. The molecular formula is C22H24N2O3. The van der Waals surface area contributed by atoms with E-state index in [9.17, 15) is 4.79 Å². The quantitative estimate of drug-likeness (QED) is 0.763. The van der Waals surface area contributed by atoms with E-state index in [4.69, 9.17) is 9.15 Å². The van der Waals surface area contributed by atoms with Crippen molar-refractivity contribution in [3.8, 4) is 0 Å². The van der Waals surface area contributed by atoms with E-state index in [1.54, 1.807) is 0 Å². The van der Waals surface area contributed by atoms with Crippen molar-refractivity contribution in [1.29, 1.82) is 0 Å². The topological polar surface area (TPSA) is 54.7 Å². The van der Waals surface area contributed by atoms with Gasteiger partial charge in [-0.3, -0.25) is 9.69 Å². The SMILES string of the molecule is Cc1oc2ccc(NC(=O)C3CN(Cc4ccccc4)CCO3)cc2c1C. The Kier molecular flexibility index (Phi) is 4.97. The van der Waals surface area contributed by atoms with Gasteiger partial charge in [-0.05, 0) is 43.2 Å². The summed E-state index contributed by atoms with van der Waals surface area (Å²) in [4.78, 5) is 15.0. The Balaban J connectivity index is 1.42. The van der Waals surface area contributed by atoms with Crippen LogP contribution in [0.4, 0.5) is 5.69 Å². The molecule has 1 aliphatic rings. The molecule has 140 valence electrons. The van der Waals surface area contributed by atoms with Crippen LogP contribution < -0.4 is 5.32 Å². The van der Waals surface area contributed by atoms with Gasteiger partial charge in [-0.2, -0.15) is 0 Å². The Morgan fingerprint density at radius 1 is 1.19 bits per heavy atom. The summed E-state index contributed by atoms with van der Waals surface area (Å²) in [5.41, 5.74) is 3.95. The van der Waals surface area contributed by atoms with E-state index >= 15 is 0 Å². The maximum atomic E-state index is 12.7. The summed E-state index contributed by atoms with van der Waals surface area (Å²) in [6.45, 7) is 6.78. The van der Waals surface area contributed by atoms with Gasteiger partial charge in [0.1, 0.15) is 17.4 Å². The molecule has 0 spiro atoms. The number of benzene rings is 2. The second kappa shape index (κ2) is 7.55. The van der Waals surface area contributed by atoms with Crippen molar-refractivity contribution in [2.24, 2.45) is 0 Å². The fourth-order valence-corrected chi connectivity index (χ4v) is 3.49. The van der Waals surface area contributed by atoms with E-state index < -0.39 is 6.10 Å². The Hall–Kier alpha value is -2.63. The molecule has 27 heavy (non-hydrogen) atoms. The second-order valence-corrected chi connectivity index (χ2v) is 7.06. The fourth-order valence-electron chi connectivity index (χ4n) is 3.49. The highest BCUT2D eigenvalue weighted by molar-refractivity contribution is 5.96. The molecule has 2 heterocycles. The Morgan fingerprint density at radius 3 is 2.81 bits per heavy atom. The van der Waals surface area contributed by atoms with Gasteiger partial charge in [-0.1, -0.05) is 30.3 Å². The minimum Gasteiger partial charge on any atom is -0.461 e. The van der Waals surface area contributed by atoms with Crippen molar-refractivity contribution in [2.75, 3.05) is 25.0 Å². The van der Waals surface area contributed by atoms with Crippen LogP contribution in [-0.2, 0) is 16.1 Å². The number of fused-ring (bicyclic) bond motifs is 1. The van der Waals surface area contributed by atoms with Crippen LogP contribution in [0.5, 0.6) is 0 Å². The molecular weight excluding hydrogens is 340 g/mol. The van der Waals surface area contributed by atoms with Crippen LogP contribution in [0.25, 0.3) is 11.0 Å². The molecule has 3 aromatic rings. The highest BCUT2D eigenvalue weighted by atomic mass is 16.5. The molecule has 5 nitrogen and oxygen atoms in total. The van der Waals surface area contributed by atoms with E-state index in [-0.39, 0.29) is 5.91 Å². The number of aryl methyl sites for hydroxylation is 2. The Morgan fingerprint density at radius 2 is 2.00 bits per heavy atom. The standard InChI is InChI=1S/C22H24N2O3/c1-15-16(2)27-20-9-8-18(12-19(15)20)23-22(25)21-14-24(10-11-26-21)13-17-6-4-3-5-7-17/h3-9,12,21H,10-11,13-14H2,1-2H3,(H,23,25). The van der Waals surface area contributed by atoms with Crippen molar-refractivity contribution in [3.05, 3.63) is 65.4 Å². The van der Waals surface area contributed by atoms with Crippen LogP contribution in [0.1, 0.15) is 16.9 Å². The van der Waals surface area contributed by atoms with Crippen LogP contribution in [0, 0.1) is 13.8 Å². The molecule has 1 aliphatic heterocycles. The third-order valence-electron chi connectivity index (χ3n) is 5.13. The second-order valence-electron chi connectivity index (χ2n) is 7.06. The van der Waals surface area contributed by atoms with Crippen LogP contribution in [0.15, 0.2) is 52.9 Å². The molecule has 1 N–H and O–H groups in total. The lowest BCUT2D eigenvalue weighted by Crippen LogP contribution is -2.47. The lowest BCUT2D eigenvalue weighted by molar-refractivity contribution is -0.133. The summed E-state index contributed by atoms with van der Waals surface area (Å²) >= 11 is 0. The van der Waals surface area contributed by atoms with E-state index in [2.05, 4.69) is 22.3 Å². The zero-order valence-corrected chi connectivity index (χ0v) is 15.7. The molecule has 1 fully saturated rings. The van der Waals surface area contributed by atoms with Crippen molar-refractivity contribution < 1.29 is 13.9 Å². The van der Waals surface area contributed by atoms with Crippen LogP contribution in [-0.4, -0.2) is 36.6 Å². The normalized spacial score (nSPS) is 17.9. The van der Waals surface area contributed by atoms with Gasteiger partial charge in [0.25, 0.3) is 5.91 Å². The predicted octanol–water partition coefficient (Wildman–Crippen LogP) is 3.89. The molecule has 0 radical (unpaired) electrons. The van der Waals surface area contributed by atoms with Gasteiger partial charge < -0.3 is 14.5 Å². The van der Waals surface area contributed by atoms with Gasteiger partial charge in [0.2, 0.25) is 0 Å². The molecule has 2 aromatic carbocycles. The number of amides is 1. The van der Waals surface area contributed by atoms with Gasteiger partial charge >= 0.3 is 0 Å². The first kappa shape index (κ1) is 17.8. The van der Waals surface area contributed by atoms with Crippen LogP contribution in [0.2, 0.25) is 0 Å². The van der Waals surface area contributed by atoms with Gasteiger partial charge in [0.15, 0.2) is 0 Å². The Bertz CT molecular complexity index is 949. The first-order valence-electron chi connectivity index (χ1n) is 9.28. The molecule has 1 atom stereocenters. The first-order valence-corrected chi connectivity index (χ1v) is 9.28. The molecule has 1 unspecified atom stereocenters. The number of furan rings is 1. The lowest BCUT2D eigenvalue weighted by Gasteiger charge is -2.32. The zero-order chi connectivity index (χ0) is 18.8. The monoisotopic (exact) mass is 364 g/mol. The van der Waals surface area contributed by atoms with Gasteiger partial charge in [-0.25, -0.2) is 0 Å². The van der Waals surface area contributed by atoms with E-state index in [1.807, 2.05) is 50.2 Å². The molecule has 0 aliphatic carbocycles. The molecule has 5 heteroatoms. The maximum Gasteiger partial charge on any atom is 0.254 e. The fraction of sp³-hybridized carbons (Fsp3) is 0.318. The van der Waals surface area contributed by atoms with Gasteiger partial charge in [0, 0.05) is 30.7 Å². The number of nitrogens with zero attached hydrogens (tertiary/aromatic N) is 1. The number of ether oxygens (including phenoxy) is 1. The van der Waals surface area contributed by atoms with Crippen molar-refractivity contribution in [2.45, 2.75) is 26.5 Å². The summed E-state index contributed by atoms with van der Waals surface area (Å²) in [5, 5.41) is 4.02. The van der Waals surface area contributed by atoms with Crippen molar-refractivity contribution >= 4 is 22.6 Å². The average molecular weight is 364 g/mol. The van der Waals surface area contributed by atoms with Crippen molar-refractivity contribution in [3.63, 3.8) is 0 Å². The Labute approximate surface area is 158 Å². The highest BCUT2D eigenvalue weighted by Gasteiger charge is 2.27. The van der Waals surface area contributed by atoms with Gasteiger partial charge in [-0.15, -0.1) is 0 Å². The number of anilines is 1. The lowest BCUT2D eigenvalue weighted by atomic mass is 10.1. The summed E-state index contributed by atoms with van der Waals surface area (Å²) in [7, 11) is 0. The maximum absolute atomic E-state index is 12.7. The predicted molar refractivity (Wildman–Crippen MR) is 106 cm³/mol. The first-order chi connectivity index (χ1) is 13.1. The minimum atomic E-state index is -0.467. The molecule has 0 saturated carbocycles. The van der Waals surface area contributed by atoms with E-state index in [0.717, 1.165) is 41.1 Å². The summed E-state index contributed by atoms with van der Waals surface area (Å²) in [5.74, 6) is 0.797. The van der Waals surface area contributed by atoms with Crippen LogP contribution >= 0.6 is 0 Å². The van der Waals surface area contributed by atoms with Crippen molar-refractivity contribution in [1.82, 2.24) is 4.90 Å².